The standard InChI is InChI=1S/C9H10N4OS/c1-10-8(14)5-13-7-2-3-11-4-6(7)12-9(13)15/h2-4H,5H2,1H3,(H,10,14)(H,12,15). The zero-order valence-corrected chi connectivity index (χ0v) is 8.97. The molecule has 2 N–H and O–H groups in total. The van der Waals surface area contributed by atoms with Crippen LogP contribution in [0.25, 0.3) is 11.0 Å². The first kappa shape index (κ1) is 9.85. The SMILES string of the molecule is CNC(=O)Cn1c(=S)[nH]c2cnccc21. The van der Waals surface area contributed by atoms with Crippen molar-refractivity contribution < 1.29 is 4.79 Å². The van der Waals surface area contributed by atoms with Gasteiger partial charge in [0.25, 0.3) is 0 Å². The lowest BCUT2D eigenvalue weighted by Gasteiger charge is -2.02. The maximum absolute atomic E-state index is 11.3. The maximum Gasteiger partial charge on any atom is 0.239 e. The fraction of sp³-hybridized carbons (Fsp3) is 0.222. The van der Waals surface area contributed by atoms with E-state index in [1.807, 2.05) is 6.07 Å². The number of H-pyrrole nitrogens is 1. The lowest BCUT2D eigenvalue weighted by molar-refractivity contribution is -0.121. The highest BCUT2D eigenvalue weighted by Gasteiger charge is 2.06. The Labute approximate surface area is 91.1 Å². The van der Waals surface area contributed by atoms with Gasteiger partial charge in [-0.25, -0.2) is 0 Å². The molecule has 0 aliphatic carbocycles. The molecule has 5 nitrogen and oxygen atoms in total. The summed E-state index contributed by atoms with van der Waals surface area (Å²) in [5.41, 5.74) is 1.73. The Balaban J connectivity index is 2.54. The van der Waals surface area contributed by atoms with Gasteiger partial charge in [0, 0.05) is 13.2 Å². The first-order valence-electron chi connectivity index (χ1n) is 4.45. The number of rotatable bonds is 2. The number of carbonyl (C=O) groups is 1. The number of aromatic amines is 1. The highest BCUT2D eigenvalue weighted by molar-refractivity contribution is 7.71. The number of nitrogens with one attached hydrogen (secondary N) is 2. The van der Waals surface area contributed by atoms with Crippen molar-refractivity contribution in [2.75, 3.05) is 7.05 Å². The molecule has 0 atom stereocenters. The number of fused-ring (bicyclic) bond motifs is 1. The van der Waals surface area contributed by atoms with Gasteiger partial charge in [0.2, 0.25) is 5.91 Å². The molecule has 0 fully saturated rings. The van der Waals surface area contributed by atoms with E-state index in [-0.39, 0.29) is 12.5 Å². The number of hydrogen-bond donors (Lipinski definition) is 2. The van der Waals surface area contributed by atoms with Gasteiger partial charge in [0.05, 0.1) is 17.2 Å². The average Bonchev–Trinajstić information content (AvgIpc) is 2.55. The van der Waals surface area contributed by atoms with Crippen LogP contribution >= 0.6 is 12.2 Å². The van der Waals surface area contributed by atoms with Crippen LogP contribution in [0.3, 0.4) is 0 Å². The van der Waals surface area contributed by atoms with Gasteiger partial charge in [-0.15, -0.1) is 0 Å². The van der Waals surface area contributed by atoms with E-state index in [2.05, 4.69) is 15.3 Å². The van der Waals surface area contributed by atoms with Crippen molar-refractivity contribution in [1.82, 2.24) is 19.9 Å². The Morgan fingerprint density at radius 3 is 3.27 bits per heavy atom. The van der Waals surface area contributed by atoms with Crippen molar-refractivity contribution in [3.63, 3.8) is 0 Å². The number of likely N-dealkylation sites (N-methyl/N-ethyl adjacent to an activating group) is 1. The van der Waals surface area contributed by atoms with Crippen molar-refractivity contribution in [2.24, 2.45) is 0 Å². The second kappa shape index (κ2) is 3.82. The van der Waals surface area contributed by atoms with E-state index in [0.29, 0.717) is 4.77 Å². The fourth-order valence-corrected chi connectivity index (χ4v) is 1.66. The summed E-state index contributed by atoms with van der Waals surface area (Å²) < 4.78 is 2.27. The Morgan fingerprint density at radius 1 is 1.73 bits per heavy atom. The predicted molar refractivity (Wildman–Crippen MR) is 59.0 cm³/mol. The molecule has 0 aliphatic heterocycles. The van der Waals surface area contributed by atoms with Gasteiger partial charge in [-0.2, -0.15) is 0 Å². The van der Waals surface area contributed by atoms with Gasteiger partial charge in [-0.1, -0.05) is 0 Å². The molecule has 2 rings (SSSR count). The monoisotopic (exact) mass is 222 g/mol. The Hall–Kier alpha value is -1.69. The molecular formula is C9H10N4OS. The zero-order valence-electron chi connectivity index (χ0n) is 8.15. The van der Waals surface area contributed by atoms with Gasteiger partial charge in [-0.05, 0) is 18.3 Å². The van der Waals surface area contributed by atoms with Crippen LogP contribution in [0.5, 0.6) is 0 Å². The quantitative estimate of drug-likeness (QED) is 0.740. The number of amides is 1. The van der Waals surface area contributed by atoms with Crippen LogP contribution in [0.1, 0.15) is 0 Å². The molecule has 0 radical (unpaired) electrons. The average molecular weight is 222 g/mol. The molecule has 0 unspecified atom stereocenters. The summed E-state index contributed by atoms with van der Waals surface area (Å²) in [7, 11) is 1.60. The zero-order chi connectivity index (χ0) is 10.8. The lowest BCUT2D eigenvalue weighted by atomic mass is 10.4. The minimum absolute atomic E-state index is 0.0798. The molecule has 2 aromatic heterocycles. The minimum Gasteiger partial charge on any atom is -0.358 e. The predicted octanol–water partition coefficient (Wildman–Crippen LogP) is 0.840. The number of nitrogens with zero attached hydrogens (tertiary/aromatic N) is 2. The van der Waals surface area contributed by atoms with E-state index in [0.717, 1.165) is 11.0 Å². The lowest BCUT2D eigenvalue weighted by Crippen LogP contribution is -2.23. The van der Waals surface area contributed by atoms with Gasteiger partial charge in [0.1, 0.15) is 6.54 Å². The summed E-state index contributed by atoms with van der Waals surface area (Å²) in [5.74, 6) is -0.0798. The molecule has 0 saturated carbocycles. The summed E-state index contributed by atoms with van der Waals surface area (Å²) in [5, 5.41) is 2.56. The minimum atomic E-state index is -0.0798. The van der Waals surface area contributed by atoms with Crippen LogP contribution in [0.4, 0.5) is 0 Å². The molecule has 1 amide bonds. The smallest absolute Gasteiger partial charge is 0.239 e. The highest BCUT2D eigenvalue weighted by atomic mass is 32.1. The second-order valence-electron chi connectivity index (χ2n) is 3.08. The largest absolute Gasteiger partial charge is 0.358 e. The number of hydrogen-bond acceptors (Lipinski definition) is 3. The van der Waals surface area contributed by atoms with E-state index in [1.165, 1.54) is 0 Å². The van der Waals surface area contributed by atoms with Crippen molar-refractivity contribution in [3.05, 3.63) is 23.2 Å². The summed E-state index contributed by atoms with van der Waals surface area (Å²) >= 11 is 5.12. The van der Waals surface area contributed by atoms with Gasteiger partial charge in [-0.3, -0.25) is 9.78 Å². The molecule has 0 aromatic carbocycles. The molecule has 15 heavy (non-hydrogen) atoms. The molecule has 2 aromatic rings. The van der Waals surface area contributed by atoms with Gasteiger partial charge >= 0.3 is 0 Å². The summed E-state index contributed by atoms with van der Waals surface area (Å²) in [6.07, 6.45) is 3.36. The Bertz CT molecular complexity index is 556. The van der Waals surface area contributed by atoms with Crippen LogP contribution in [0, 0.1) is 4.77 Å². The number of imidazole rings is 1. The number of pyridine rings is 1. The molecule has 0 aliphatic rings. The summed E-state index contributed by atoms with van der Waals surface area (Å²) in [6.45, 7) is 0.222. The molecule has 0 bridgehead atoms. The summed E-state index contributed by atoms with van der Waals surface area (Å²) in [4.78, 5) is 18.2. The van der Waals surface area contributed by atoms with Crippen molar-refractivity contribution >= 4 is 29.2 Å². The van der Waals surface area contributed by atoms with Crippen LogP contribution in [0.2, 0.25) is 0 Å². The summed E-state index contributed by atoms with van der Waals surface area (Å²) in [6, 6.07) is 1.82. The van der Waals surface area contributed by atoms with E-state index >= 15 is 0 Å². The van der Waals surface area contributed by atoms with Gasteiger partial charge in [0.15, 0.2) is 4.77 Å². The Morgan fingerprint density at radius 2 is 2.53 bits per heavy atom. The fourth-order valence-electron chi connectivity index (χ4n) is 1.39. The second-order valence-corrected chi connectivity index (χ2v) is 3.47. The Kier molecular flexibility index (Phi) is 2.51. The molecule has 6 heteroatoms. The van der Waals surface area contributed by atoms with Crippen LogP contribution in [0.15, 0.2) is 18.5 Å². The third-order valence-corrected chi connectivity index (χ3v) is 2.48. The van der Waals surface area contributed by atoms with E-state index in [4.69, 9.17) is 12.2 Å². The van der Waals surface area contributed by atoms with Gasteiger partial charge < -0.3 is 14.9 Å². The molecule has 78 valence electrons. The normalized spacial score (nSPS) is 10.5. The van der Waals surface area contributed by atoms with E-state index in [1.54, 1.807) is 24.0 Å². The molecule has 2 heterocycles. The first-order valence-corrected chi connectivity index (χ1v) is 4.86. The van der Waals surface area contributed by atoms with Crippen LogP contribution in [-0.2, 0) is 11.3 Å². The highest BCUT2D eigenvalue weighted by Crippen LogP contribution is 2.11. The topological polar surface area (TPSA) is 62.7 Å². The third kappa shape index (κ3) is 1.75. The van der Waals surface area contributed by atoms with Crippen molar-refractivity contribution in [2.45, 2.75) is 6.54 Å². The first-order chi connectivity index (χ1) is 7.22. The van der Waals surface area contributed by atoms with Crippen molar-refractivity contribution in [1.29, 1.82) is 0 Å². The van der Waals surface area contributed by atoms with E-state index < -0.39 is 0 Å². The molecule has 0 spiro atoms. The van der Waals surface area contributed by atoms with E-state index in [9.17, 15) is 4.79 Å². The third-order valence-electron chi connectivity index (χ3n) is 2.16. The maximum atomic E-state index is 11.3. The van der Waals surface area contributed by atoms with Crippen LogP contribution < -0.4 is 5.32 Å². The van der Waals surface area contributed by atoms with Crippen molar-refractivity contribution in [3.8, 4) is 0 Å². The molecule has 0 saturated heterocycles. The number of carbonyl (C=O) groups excluding carboxylic acids is 1. The number of aromatic nitrogens is 3. The molecular weight excluding hydrogens is 212 g/mol. The van der Waals surface area contributed by atoms with Crippen LogP contribution in [-0.4, -0.2) is 27.5 Å².